The Labute approximate surface area is 108 Å². The molecule has 1 atom stereocenters. The van der Waals surface area contributed by atoms with Crippen molar-refractivity contribution in [2.45, 2.75) is 52.7 Å². The molecule has 4 heteroatoms. The van der Waals surface area contributed by atoms with Crippen LogP contribution in [0.2, 0.25) is 0 Å². The largest absolute Gasteiger partial charge is 0.309 e. The Balaban J connectivity index is 1.99. The molecule has 1 fully saturated rings. The van der Waals surface area contributed by atoms with Gasteiger partial charge in [-0.3, -0.25) is 4.68 Å². The number of hydrogen-bond acceptors (Lipinski definition) is 3. The summed E-state index contributed by atoms with van der Waals surface area (Å²) in [6.07, 6.45) is 2.46. The molecule has 1 aromatic rings. The van der Waals surface area contributed by atoms with Gasteiger partial charge in [-0.25, -0.2) is 0 Å². The molecule has 0 amide bonds. The molecule has 2 heterocycles. The van der Waals surface area contributed by atoms with Crippen LogP contribution in [-0.2, 0) is 13.1 Å². The van der Waals surface area contributed by atoms with E-state index >= 15 is 0 Å². The molecule has 0 radical (unpaired) electrons. The molecule has 96 valence electrons. The molecule has 0 aliphatic carbocycles. The Hall–Kier alpha value is -0.480. The molecule has 0 aromatic carbocycles. The molecule has 1 N–H and O–H groups in total. The number of nitrogens with zero attached hydrogens (tertiary/aromatic N) is 2. The topological polar surface area (TPSA) is 29.9 Å². The minimum Gasteiger partial charge on any atom is -0.309 e. The van der Waals surface area contributed by atoms with E-state index < -0.39 is 0 Å². The van der Waals surface area contributed by atoms with Gasteiger partial charge in [-0.05, 0) is 32.4 Å². The van der Waals surface area contributed by atoms with Gasteiger partial charge in [0, 0.05) is 36.1 Å². The molecular formula is C13H23N3S. The monoisotopic (exact) mass is 253 g/mol. The van der Waals surface area contributed by atoms with Crippen LogP contribution >= 0.6 is 11.8 Å². The van der Waals surface area contributed by atoms with Crippen molar-refractivity contribution in [2.75, 3.05) is 11.5 Å². The van der Waals surface area contributed by atoms with Gasteiger partial charge in [0.15, 0.2) is 0 Å². The van der Waals surface area contributed by atoms with Crippen molar-refractivity contribution in [1.29, 1.82) is 0 Å². The van der Waals surface area contributed by atoms with Gasteiger partial charge in [0.1, 0.15) is 0 Å². The highest BCUT2D eigenvalue weighted by molar-refractivity contribution is 7.99. The molecule has 1 aliphatic heterocycles. The molecule has 1 saturated heterocycles. The smallest absolute Gasteiger partial charge is 0.0641 e. The Kier molecular flexibility index (Phi) is 4.51. The maximum Gasteiger partial charge on any atom is 0.0641 e. The first-order valence-corrected chi connectivity index (χ1v) is 7.71. The lowest BCUT2D eigenvalue weighted by Crippen LogP contribution is -2.28. The molecule has 2 rings (SSSR count). The second-order valence-electron chi connectivity index (χ2n) is 4.81. The summed E-state index contributed by atoms with van der Waals surface area (Å²) in [4.78, 5) is 0. The van der Waals surface area contributed by atoms with Crippen LogP contribution in [0.5, 0.6) is 0 Å². The van der Waals surface area contributed by atoms with E-state index in [1.54, 1.807) is 0 Å². The average molecular weight is 253 g/mol. The third-order valence-electron chi connectivity index (χ3n) is 3.46. The highest BCUT2D eigenvalue weighted by atomic mass is 32.2. The Morgan fingerprint density at radius 1 is 1.47 bits per heavy atom. The van der Waals surface area contributed by atoms with E-state index in [0.717, 1.165) is 19.5 Å². The number of aromatic nitrogens is 2. The summed E-state index contributed by atoms with van der Waals surface area (Å²) in [5.74, 6) is 2.58. The van der Waals surface area contributed by atoms with E-state index in [1.165, 1.54) is 34.9 Å². The summed E-state index contributed by atoms with van der Waals surface area (Å²) in [7, 11) is 0. The first-order valence-electron chi connectivity index (χ1n) is 6.56. The van der Waals surface area contributed by atoms with E-state index in [4.69, 9.17) is 0 Å². The summed E-state index contributed by atoms with van der Waals surface area (Å²) in [5.41, 5.74) is 3.92. The third kappa shape index (κ3) is 3.05. The standard InChI is InChI=1S/C13H23N3S/c1-4-6-16-11(3)13(10(2)15-16)8-14-12-5-7-17-9-12/h12,14H,4-9H2,1-3H3. The van der Waals surface area contributed by atoms with Crippen molar-refractivity contribution in [1.82, 2.24) is 15.1 Å². The van der Waals surface area contributed by atoms with Crippen LogP contribution in [0.1, 0.15) is 36.7 Å². The van der Waals surface area contributed by atoms with Gasteiger partial charge in [0.2, 0.25) is 0 Å². The predicted octanol–water partition coefficient (Wildman–Crippen LogP) is 2.51. The van der Waals surface area contributed by atoms with Crippen LogP contribution in [0, 0.1) is 13.8 Å². The molecular weight excluding hydrogens is 230 g/mol. The number of nitrogens with one attached hydrogen (secondary N) is 1. The molecule has 0 bridgehead atoms. The SMILES string of the molecule is CCCn1nc(C)c(CNC2CCSC2)c1C. The van der Waals surface area contributed by atoms with Crippen molar-refractivity contribution < 1.29 is 0 Å². The lowest BCUT2D eigenvalue weighted by molar-refractivity contribution is 0.552. The molecule has 17 heavy (non-hydrogen) atoms. The van der Waals surface area contributed by atoms with Crippen molar-refractivity contribution in [3.63, 3.8) is 0 Å². The van der Waals surface area contributed by atoms with E-state index in [2.05, 4.69) is 47.6 Å². The number of rotatable bonds is 5. The highest BCUT2D eigenvalue weighted by Gasteiger charge is 2.17. The van der Waals surface area contributed by atoms with Crippen molar-refractivity contribution in [3.8, 4) is 0 Å². The van der Waals surface area contributed by atoms with Crippen LogP contribution in [0.4, 0.5) is 0 Å². The van der Waals surface area contributed by atoms with E-state index in [0.29, 0.717) is 6.04 Å². The van der Waals surface area contributed by atoms with Crippen LogP contribution in [0.15, 0.2) is 0 Å². The Morgan fingerprint density at radius 2 is 2.29 bits per heavy atom. The molecule has 0 spiro atoms. The van der Waals surface area contributed by atoms with Gasteiger partial charge < -0.3 is 5.32 Å². The molecule has 3 nitrogen and oxygen atoms in total. The second-order valence-corrected chi connectivity index (χ2v) is 5.96. The summed E-state index contributed by atoms with van der Waals surface area (Å²) < 4.78 is 2.15. The van der Waals surface area contributed by atoms with Gasteiger partial charge in [-0.2, -0.15) is 16.9 Å². The number of thioether (sulfide) groups is 1. The van der Waals surface area contributed by atoms with E-state index in [9.17, 15) is 0 Å². The van der Waals surface area contributed by atoms with Gasteiger partial charge in [-0.1, -0.05) is 6.92 Å². The van der Waals surface area contributed by atoms with Crippen molar-refractivity contribution in [3.05, 3.63) is 17.0 Å². The zero-order valence-corrected chi connectivity index (χ0v) is 11.9. The van der Waals surface area contributed by atoms with E-state index in [1.807, 2.05) is 0 Å². The molecule has 0 saturated carbocycles. The van der Waals surface area contributed by atoms with E-state index in [-0.39, 0.29) is 0 Å². The summed E-state index contributed by atoms with van der Waals surface area (Å²) in [5, 5.41) is 8.28. The fraction of sp³-hybridized carbons (Fsp3) is 0.769. The quantitative estimate of drug-likeness (QED) is 0.874. The lowest BCUT2D eigenvalue weighted by atomic mass is 10.1. The average Bonchev–Trinajstić information content (AvgIpc) is 2.88. The normalized spacial score (nSPS) is 20.1. The van der Waals surface area contributed by atoms with Gasteiger partial charge >= 0.3 is 0 Å². The minimum absolute atomic E-state index is 0.702. The maximum atomic E-state index is 4.62. The summed E-state index contributed by atoms with van der Waals surface area (Å²) in [6, 6.07) is 0.702. The Bertz CT molecular complexity index is 367. The zero-order valence-electron chi connectivity index (χ0n) is 11.1. The summed E-state index contributed by atoms with van der Waals surface area (Å²) in [6.45, 7) is 8.53. The van der Waals surface area contributed by atoms with Crippen molar-refractivity contribution in [2.24, 2.45) is 0 Å². The molecule has 1 aromatic heterocycles. The number of hydrogen-bond donors (Lipinski definition) is 1. The predicted molar refractivity (Wildman–Crippen MR) is 74.6 cm³/mol. The Morgan fingerprint density at radius 3 is 2.94 bits per heavy atom. The highest BCUT2D eigenvalue weighted by Crippen LogP contribution is 2.19. The zero-order chi connectivity index (χ0) is 12.3. The lowest BCUT2D eigenvalue weighted by Gasteiger charge is -2.11. The maximum absolute atomic E-state index is 4.62. The van der Waals surface area contributed by atoms with Crippen LogP contribution < -0.4 is 5.32 Å². The first kappa shape index (κ1) is 13.0. The van der Waals surface area contributed by atoms with Crippen molar-refractivity contribution >= 4 is 11.8 Å². The van der Waals surface area contributed by atoms with Crippen LogP contribution in [0.3, 0.4) is 0 Å². The van der Waals surface area contributed by atoms with Crippen LogP contribution in [-0.4, -0.2) is 27.3 Å². The second kappa shape index (κ2) is 5.91. The summed E-state index contributed by atoms with van der Waals surface area (Å²) >= 11 is 2.06. The molecule has 1 unspecified atom stereocenters. The third-order valence-corrected chi connectivity index (χ3v) is 4.63. The van der Waals surface area contributed by atoms with Gasteiger partial charge in [-0.15, -0.1) is 0 Å². The minimum atomic E-state index is 0.702. The van der Waals surface area contributed by atoms with Crippen LogP contribution in [0.25, 0.3) is 0 Å². The number of aryl methyl sites for hydroxylation is 2. The molecule has 1 aliphatic rings. The van der Waals surface area contributed by atoms with Gasteiger partial charge in [0.05, 0.1) is 5.69 Å². The fourth-order valence-corrected chi connectivity index (χ4v) is 3.55. The fourth-order valence-electron chi connectivity index (χ4n) is 2.36. The first-order chi connectivity index (χ1) is 8.22. The van der Waals surface area contributed by atoms with Gasteiger partial charge in [0.25, 0.3) is 0 Å².